The van der Waals surface area contributed by atoms with Crippen LogP contribution in [0, 0.1) is 0 Å². The van der Waals surface area contributed by atoms with Crippen LogP contribution in [0.25, 0.3) is 0 Å². The van der Waals surface area contributed by atoms with Gasteiger partial charge in [-0.25, -0.2) is 0 Å². The smallest absolute Gasteiger partial charge is 0.105 e. The number of allylic oxidation sites excluding steroid dienone is 4. The highest BCUT2D eigenvalue weighted by atomic mass is 15.2. The Hall–Kier alpha value is -1.18. The third-order valence-corrected chi connectivity index (χ3v) is 1.93. The zero-order valence-electron chi connectivity index (χ0n) is 6.46. The molecule has 11 heavy (non-hydrogen) atoms. The van der Waals surface area contributed by atoms with Crippen molar-refractivity contribution >= 4 is 0 Å². The minimum atomic E-state index is 1.10. The number of nitrogens with zero attached hydrogens (tertiary/aromatic N) is 1. The average Bonchev–Trinajstić information content (AvgIpc) is 2.28. The fourth-order valence-corrected chi connectivity index (χ4v) is 1.36. The normalized spacial score (nSPS) is 21.8. The van der Waals surface area contributed by atoms with E-state index < -0.39 is 0 Å². The lowest BCUT2D eigenvalue weighted by Crippen LogP contribution is -2.35. The second kappa shape index (κ2) is 2.82. The van der Waals surface area contributed by atoms with Crippen molar-refractivity contribution in [3.05, 3.63) is 36.3 Å². The van der Waals surface area contributed by atoms with Crippen LogP contribution >= 0.6 is 0 Å². The predicted molar refractivity (Wildman–Crippen MR) is 45.7 cm³/mol. The van der Waals surface area contributed by atoms with Gasteiger partial charge in [-0.2, -0.15) is 0 Å². The van der Waals surface area contributed by atoms with Crippen molar-refractivity contribution in [2.75, 3.05) is 13.1 Å². The van der Waals surface area contributed by atoms with Crippen LogP contribution in [0.2, 0.25) is 0 Å². The molecule has 1 N–H and O–H groups in total. The van der Waals surface area contributed by atoms with E-state index in [0.717, 1.165) is 13.1 Å². The monoisotopic (exact) mass is 148 g/mol. The molecule has 0 bridgehead atoms. The summed E-state index contributed by atoms with van der Waals surface area (Å²) in [4.78, 5) is 2.24. The van der Waals surface area contributed by atoms with E-state index in [2.05, 4.69) is 34.6 Å². The Kier molecular flexibility index (Phi) is 1.68. The van der Waals surface area contributed by atoms with Crippen molar-refractivity contribution in [3.8, 4) is 0 Å². The molecule has 0 spiro atoms. The van der Waals surface area contributed by atoms with E-state index >= 15 is 0 Å². The van der Waals surface area contributed by atoms with Crippen LogP contribution in [0.1, 0.15) is 6.42 Å². The van der Waals surface area contributed by atoms with Crippen LogP contribution in [0.4, 0.5) is 0 Å². The largest absolute Gasteiger partial charge is 0.371 e. The molecular formula is C9H12N2. The van der Waals surface area contributed by atoms with Gasteiger partial charge in [-0.1, -0.05) is 12.2 Å². The Bertz CT molecular complexity index is 226. The van der Waals surface area contributed by atoms with Gasteiger partial charge in [0, 0.05) is 19.3 Å². The van der Waals surface area contributed by atoms with Crippen molar-refractivity contribution in [2.24, 2.45) is 0 Å². The van der Waals surface area contributed by atoms with Gasteiger partial charge < -0.3 is 10.2 Å². The lowest BCUT2D eigenvalue weighted by atomic mass is 10.3. The standard InChI is InChI=1S/C9H12N2/c1-2-5-9-10-6-4-8-11(9)7-3-1/h1-3,5,7,10H,4,6,8H2. The van der Waals surface area contributed by atoms with Crippen molar-refractivity contribution in [3.63, 3.8) is 0 Å². The SMILES string of the molecule is C1=CC=C2NCCCN2C=C1. The molecule has 0 saturated carbocycles. The van der Waals surface area contributed by atoms with Gasteiger partial charge >= 0.3 is 0 Å². The highest BCUT2D eigenvalue weighted by Gasteiger charge is 2.10. The first-order valence-electron chi connectivity index (χ1n) is 4.02. The molecule has 58 valence electrons. The van der Waals surface area contributed by atoms with Gasteiger partial charge in [-0.3, -0.25) is 0 Å². The van der Waals surface area contributed by atoms with E-state index in [1.165, 1.54) is 12.2 Å². The molecule has 0 unspecified atom stereocenters. The number of hydrogen-bond donors (Lipinski definition) is 1. The molecule has 2 aliphatic heterocycles. The lowest BCUT2D eigenvalue weighted by molar-refractivity contribution is 0.369. The molecule has 0 aromatic rings. The lowest BCUT2D eigenvalue weighted by Gasteiger charge is -2.28. The summed E-state index contributed by atoms with van der Waals surface area (Å²) in [5, 5.41) is 3.35. The highest BCUT2D eigenvalue weighted by molar-refractivity contribution is 5.21. The molecule has 0 radical (unpaired) electrons. The van der Waals surface area contributed by atoms with E-state index in [9.17, 15) is 0 Å². The topological polar surface area (TPSA) is 15.3 Å². The van der Waals surface area contributed by atoms with E-state index in [4.69, 9.17) is 0 Å². The first-order valence-corrected chi connectivity index (χ1v) is 4.02. The first kappa shape index (κ1) is 6.53. The predicted octanol–water partition coefficient (Wildman–Crippen LogP) is 1.21. The summed E-state index contributed by atoms with van der Waals surface area (Å²) in [5.74, 6) is 1.22. The molecule has 2 aliphatic rings. The molecular weight excluding hydrogens is 136 g/mol. The summed E-state index contributed by atoms with van der Waals surface area (Å²) >= 11 is 0. The molecule has 1 saturated heterocycles. The van der Waals surface area contributed by atoms with E-state index in [-0.39, 0.29) is 0 Å². The van der Waals surface area contributed by atoms with Gasteiger partial charge in [0.1, 0.15) is 5.82 Å². The fraction of sp³-hybridized carbons (Fsp3) is 0.333. The molecule has 2 nitrogen and oxygen atoms in total. The highest BCUT2D eigenvalue weighted by Crippen LogP contribution is 2.10. The van der Waals surface area contributed by atoms with Gasteiger partial charge in [0.15, 0.2) is 0 Å². The fourth-order valence-electron chi connectivity index (χ4n) is 1.36. The van der Waals surface area contributed by atoms with Crippen molar-refractivity contribution in [1.29, 1.82) is 0 Å². The molecule has 0 amide bonds. The Morgan fingerprint density at radius 1 is 1.27 bits per heavy atom. The Labute approximate surface area is 66.9 Å². The van der Waals surface area contributed by atoms with Crippen LogP contribution in [-0.2, 0) is 0 Å². The quantitative estimate of drug-likeness (QED) is 0.555. The van der Waals surface area contributed by atoms with Gasteiger partial charge in [-0.15, -0.1) is 0 Å². The molecule has 0 aromatic heterocycles. The number of fused-ring (bicyclic) bond motifs is 1. The van der Waals surface area contributed by atoms with E-state index in [0.29, 0.717) is 0 Å². The molecule has 0 aliphatic carbocycles. The summed E-state index contributed by atoms with van der Waals surface area (Å²) in [6, 6.07) is 0. The van der Waals surface area contributed by atoms with Gasteiger partial charge in [0.2, 0.25) is 0 Å². The Morgan fingerprint density at radius 3 is 3.27 bits per heavy atom. The molecule has 2 rings (SSSR count). The minimum Gasteiger partial charge on any atom is -0.371 e. The van der Waals surface area contributed by atoms with Crippen LogP contribution in [-0.4, -0.2) is 18.0 Å². The van der Waals surface area contributed by atoms with Gasteiger partial charge in [-0.05, 0) is 18.6 Å². The van der Waals surface area contributed by atoms with E-state index in [1.54, 1.807) is 0 Å². The second-order valence-corrected chi connectivity index (χ2v) is 2.75. The van der Waals surface area contributed by atoms with E-state index in [1.807, 2.05) is 6.08 Å². The second-order valence-electron chi connectivity index (χ2n) is 2.75. The summed E-state index contributed by atoms with van der Waals surface area (Å²) < 4.78 is 0. The number of nitrogens with one attached hydrogen (secondary N) is 1. The third kappa shape index (κ3) is 1.29. The maximum absolute atomic E-state index is 3.35. The zero-order chi connectivity index (χ0) is 7.52. The summed E-state index contributed by atoms with van der Waals surface area (Å²) in [6.45, 7) is 2.24. The molecule has 2 heterocycles. The number of rotatable bonds is 0. The minimum absolute atomic E-state index is 1.10. The zero-order valence-corrected chi connectivity index (χ0v) is 6.46. The van der Waals surface area contributed by atoms with Crippen LogP contribution in [0.5, 0.6) is 0 Å². The average molecular weight is 148 g/mol. The summed E-state index contributed by atoms with van der Waals surface area (Å²) in [7, 11) is 0. The summed E-state index contributed by atoms with van der Waals surface area (Å²) in [6.07, 6.45) is 11.6. The molecule has 1 fully saturated rings. The summed E-state index contributed by atoms with van der Waals surface area (Å²) in [5.41, 5.74) is 0. The first-order chi connectivity index (χ1) is 5.47. The molecule has 2 heteroatoms. The van der Waals surface area contributed by atoms with Crippen molar-refractivity contribution in [1.82, 2.24) is 10.2 Å². The van der Waals surface area contributed by atoms with Crippen molar-refractivity contribution in [2.45, 2.75) is 6.42 Å². The Morgan fingerprint density at radius 2 is 2.27 bits per heavy atom. The number of hydrogen-bond acceptors (Lipinski definition) is 2. The molecule has 0 aromatic carbocycles. The Balaban J connectivity index is 2.21. The third-order valence-electron chi connectivity index (χ3n) is 1.93. The van der Waals surface area contributed by atoms with Crippen LogP contribution in [0.3, 0.4) is 0 Å². The van der Waals surface area contributed by atoms with Gasteiger partial charge in [0.05, 0.1) is 0 Å². The maximum Gasteiger partial charge on any atom is 0.105 e. The van der Waals surface area contributed by atoms with Crippen molar-refractivity contribution < 1.29 is 0 Å². The maximum atomic E-state index is 3.35. The van der Waals surface area contributed by atoms with Crippen LogP contribution < -0.4 is 5.32 Å². The van der Waals surface area contributed by atoms with Crippen LogP contribution in [0.15, 0.2) is 36.3 Å². The van der Waals surface area contributed by atoms with Gasteiger partial charge in [0.25, 0.3) is 0 Å². The molecule has 0 atom stereocenters.